The first kappa shape index (κ1) is 16.5. The molecule has 0 saturated heterocycles. The fraction of sp³-hybridized carbons (Fsp3) is 1.00. The van der Waals surface area contributed by atoms with Gasteiger partial charge in [-0.2, -0.15) is 0 Å². The topological polar surface area (TPSA) is 20.2 Å². The molecule has 0 heterocycles. The van der Waals surface area contributed by atoms with Gasteiger partial charge in [-0.15, -0.1) is 12.4 Å². The first-order valence-electron chi connectivity index (χ1n) is 3.02. The molecule has 1 nitrogen and oxygen atoms in total. The fourth-order valence-corrected chi connectivity index (χ4v) is 0.539. The van der Waals surface area contributed by atoms with E-state index in [-0.39, 0.29) is 38.3 Å². The van der Waals surface area contributed by atoms with Crippen molar-refractivity contribution >= 4 is 35.5 Å². The van der Waals surface area contributed by atoms with Crippen molar-refractivity contribution in [2.45, 2.75) is 32.6 Å². The molecule has 56 valence electrons. The quantitative estimate of drug-likeness (QED) is 0.497. The van der Waals surface area contributed by atoms with Crippen LogP contribution >= 0.6 is 12.4 Å². The van der Waals surface area contributed by atoms with Crippen LogP contribution in [0.5, 0.6) is 0 Å². The van der Waals surface area contributed by atoms with Crippen LogP contribution in [0, 0.1) is 0 Å². The molecule has 0 aliphatic carbocycles. The number of unbranched alkanes of at least 4 members (excludes halogenated alkanes) is 3. The molecule has 0 radical (unpaired) electrons. The van der Waals surface area contributed by atoms with Gasteiger partial charge < -0.3 is 7.96 Å². The van der Waals surface area contributed by atoms with Crippen LogP contribution in [0.1, 0.15) is 35.5 Å². The Hall–Kier alpha value is 1.02. The second kappa shape index (κ2) is 16.0. The Morgan fingerprint density at radius 2 is 1.78 bits per heavy atom. The van der Waals surface area contributed by atoms with E-state index in [0.717, 1.165) is 6.42 Å². The number of hydrogen-bond acceptors (Lipinski definition) is 1. The van der Waals surface area contributed by atoms with Crippen molar-refractivity contribution in [3.63, 3.8) is 0 Å². The summed E-state index contributed by atoms with van der Waals surface area (Å²) in [4.78, 5) is 0. The van der Waals surface area contributed by atoms with Crippen LogP contribution in [0.3, 0.4) is 0 Å². The maximum atomic E-state index is 8.29. The Labute approximate surface area is 82.8 Å². The summed E-state index contributed by atoms with van der Waals surface area (Å²) < 4.78 is 0. The van der Waals surface area contributed by atoms with Gasteiger partial charge in [-0.3, -0.25) is 0 Å². The van der Waals surface area contributed by atoms with E-state index in [0.29, 0.717) is 6.61 Å². The van der Waals surface area contributed by atoms with Gasteiger partial charge in [-0.05, 0) is 6.42 Å². The summed E-state index contributed by atoms with van der Waals surface area (Å²) >= 11 is 0. The van der Waals surface area contributed by atoms with Gasteiger partial charge in [-0.1, -0.05) is 26.2 Å². The second-order valence-corrected chi connectivity index (χ2v) is 1.78. The zero-order chi connectivity index (χ0) is 5.54. The first-order chi connectivity index (χ1) is 3.41. The third kappa shape index (κ3) is 17.6. The maximum Gasteiger partial charge on any atom is 2.00 e. The third-order valence-electron chi connectivity index (χ3n) is 1.01. The summed E-state index contributed by atoms with van der Waals surface area (Å²) in [6, 6.07) is 0. The minimum absolute atomic E-state index is 0. The van der Waals surface area contributed by atoms with Crippen LogP contribution < -0.4 is 0 Å². The maximum absolute atomic E-state index is 8.29. The molecule has 0 saturated carbocycles. The number of aliphatic hydroxyl groups is 1. The number of aliphatic hydroxyl groups excluding tert-OH is 1. The molecule has 0 rings (SSSR count). The first-order valence-corrected chi connectivity index (χ1v) is 3.02. The number of halogens is 1. The molecular formula is C6H17ClMgO. The van der Waals surface area contributed by atoms with Crippen LogP contribution in [-0.4, -0.2) is 34.8 Å². The predicted molar refractivity (Wildman–Crippen MR) is 46.5 cm³/mol. The minimum Gasteiger partial charge on any atom is -1.00 e. The van der Waals surface area contributed by atoms with Gasteiger partial charge in [0.25, 0.3) is 0 Å². The summed E-state index contributed by atoms with van der Waals surface area (Å²) in [5.74, 6) is 0. The monoisotopic (exact) mass is 164 g/mol. The minimum atomic E-state index is 0. The zero-order valence-electron chi connectivity index (χ0n) is 8.10. The molecule has 0 aromatic carbocycles. The number of hydrogen-bond donors (Lipinski definition) is 1. The van der Waals surface area contributed by atoms with E-state index < -0.39 is 0 Å². The smallest absolute Gasteiger partial charge is 1.00 e. The van der Waals surface area contributed by atoms with Gasteiger partial charge in [-0.25, -0.2) is 0 Å². The summed E-state index contributed by atoms with van der Waals surface area (Å²) in [7, 11) is 0. The van der Waals surface area contributed by atoms with Crippen molar-refractivity contribution in [2.24, 2.45) is 0 Å². The van der Waals surface area contributed by atoms with Gasteiger partial charge in [0, 0.05) is 6.61 Å². The Balaban J connectivity index is -0.0000000300. The van der Waals surface area contributed by atoms with Crippen molar-refractivity contribution in [3.8, 4) is 0 Å². The standard InChI is InChI=1S/C6H14O.ClH.Mg.2H/c1-2-3-4-5-6-7;;;;/h7H,2-6H2,1H3;1H;;;/q;;+2;2*-1. The SMILES string of the molecule is CCCCCCO.Cl.[H-].[H-].[Mg+2]. The summed E-state index contributed by atoms with van der Waals surface area (Å²) in [5.41, 5.74) is 0. The molecule has 0 aliphatic heterocycles. The largest absolute Gasteiger partial charge is 2.00 e. The van der Waals surface area contributed by atoms with Crippen LogP contribution in [-0.2, 0) is 0 Å². The normalized spacial score (nSPS) is 7.33. The average molecular weight is 165 g/mol. The number of rotatable bonds is 4. The summed E-state index contributed by atoms with van der Waals surface area (Å²) in [6.07, 6.45) is 4.68. The molecule has 0 aromatic heterocycles. The van der Waals surface area contributed by atoms with Crippen LogP contribution in [0.15, 0.2) is 0 Å². The van der Waals surface area contributed by atoms with Crippen molar-refractivity contribution < 1.29 is 7.96 Å². The molecule has 0 aliphatic rings. The molecule has 0 bridgehead atoms. The fourth-order valence-electron chi connectivity index (χ4n) is 0.539. The Kier molecular flexibility index (Phi) is 29.4. The van der Waals surface area contributed by atoms with E-state index in [9.17, 15) is 0 Å². The van der Waals surface area contributed by atoms with E-state index in [1.165, 1.54) is 19.3 Å². The third-order valence-corrected chi connectivity index (χ3v) is 1.01. The molecule has 0 fully saturated rings. The van der Waals surface area contributed by atoms with Crippen LogP contribution in [0.25, 0.3) is 0 Å². The van der Waals surface area contributed by atoms with Crippen molar-refractivity contribution in [2.75, 3.05) is 6.61 Å². The molecule has 0 unspecified atom stereocenters. The molecular weight excluding hydrogens is 148 g/mol. The second-order valence-electron chi connectivity index (χ2n) is 1.78. The Bertz CT molecular complexity index is 39.8. The van der Waals surface area contributed by atoms with E-state index in [4.69, 9.17) is 5.11 Å². The van der Waals surface area contributed by atoms with E-state index >= 15 is 0 Å². The molecule has 1 N–H and O–H groups in total. The van der Waals surface area contributed by atoms with Crippen molar-refractivity contribution in [3.05, 3.63) is 0 Å². The summed E-state index contributed by atoms with van der Waals surface area (Å²) in [6.45, 7) is 2.53. The van der Waals surface area contributed by atoms with Crippen molar-refractivity contribution in [1.29, 1.82) is 0 Å². The Morgan fingerprint density at radius 3 is 2.11 bits per heavy atom. The van der Waals surface area contributed by atoms with E-state index in [1.54, 1.807) is 0 Å². The zero-order valence-corrected chi connectivity index (χ0v) is 8.33. The molecule has 0 aromatic rings. The molecule has 0 spiro atoms. The molecule has 0 amide bonds. The Morgan fingerprint density at radius 1 is 1.22 bits per heavy atom. The molecule has 0 atom stereocenters. The average Bonchev–Trinajstić information content (AvgIpc) is 1.69. The van der Waals surface area contributed by atoms with Gasteiger partial charge in [0.1, 0.15) is 0 Å². The van der Waals surface area contributed by atoms with Crippen molar-refractivity contribution in [1.82, 2.24) is 0 Å². The van der Waals surface area contributed by atoms with Gasteiger partial charge in [0.05, 0.1) is 0 Å². The van der Waals surface area contributed by atoms with Crippen LogP contribution in [0.2, 0.25) is 0 Å². The van der Waals surface area contributed by atoms with Gasteiger partial charge in [0.15, 0.2) is 0 Å². The van der Waals surface area contributed by atoms with E-state index in [2.05, 4.69) is 6.92 Å². The van der Waals surface area contributed by atoms with Gasteiger partial charge in [0.2, 0.25) is 0 Å². The predicted octanol–water partition coefficient (Wildman–Crippen LogP) is 1.83. The molecule has 9 heavy (non-hydrogen) atoms. The molecule has 3 heteroatoms. The van der Waals surface area contributed by atoms with Crippen LogP contribution in [0.4, 0.5) is 0 Å². The van der Waals surface area contributed by atoms with E-state index in [1.807, 2.05) is 0 Å². The summed E-state index contributed by atoms with van der Waals surface area (Å²) in [5, 5.41) is 8.29. The van der Waals surface area contributed by atoms with Gasteiger partial charge >= 0.3 is 23.1 Å².